The molecule has 0 spiro atoms. The van der Waals surface area contributed by atoms with Crippen molar-refractivity contribution in [1.82, 2.24) is 0 Å². The molecule has 0 aromatic heterocycles. The Labute approximate surface area is 116 Å². The van der Waals surface area contributed by atoms with E-state index in [4.69, 9.17) is 4.74 Å². The van der Waals surface area contributed by atoms with Gasteiger partial charge < -0.3 is 4.74 Å². The number of methoxy groups -OCH3 is 1. The number of carbonyl (C=O) groups is 1. The van der Waals surface area contributed by atoms with Crippen molar-refractivity contribution in [2.45, 2.75) is 58.0 Å². The maximum absolute atomic E-state index is 11.9. The largest absolute Gasteiger partial charge is 0.381 e. The molecule has 2 rings (SSSR count). The molecule has 0 bridgehead atoms. The zero-order chi connectivity index (χ0) is 13.7. The van der Waals surface area contributed by atoms with Gasteiger partial charge in [-0.25, -0.2) is 0 Å². The fourth-order valence-corrected chi connectivity index (χ4v) is 3.46. The van der Waals surface area contributed by atoms with Crippen molar-refractivity contribution in [3.63, 3.8) is 0 Å². The Bertz CT molecular complexity index is 367. The van der Waals surface area contributed by atoms with E-state index in [9.17, 15) is 4.79 Å². The standard InChI is InChI=1S/C17H26O2/c1-3-6-14(19-2)12-11-13-7-4-9-16-15(13)8-5-10-17(16)18/h4,7,9,13-15H,3,5-6,8,10-12H2,1-2H3. The highest BCUT2D eigenvalue weighted by Gasteiger charge is 2.32. The van der Waals surface area contributed by atoms with E-state index in [1.54, 1.807) is 0 Å². The predicted octanol–water partition coefficient (Wildman–Crippen LogP) is 4.06. The van der Waals surface area contributed by atoms with Gasteiger partial charge in [-0.1, -0.05) is 31.6 Å². The van der Waals surface area contributed by atoms with Gasteiger partial charge in [0.15, 0.2) is 5.78 Å². The Morgan fingerprint density at radius 1 is 1.42 bits per heavy atom. The maximum Gasteiger partial charge on any atom is 0.159 e. The molecule has 0 N–H and O–H groups in total. The van der Waals surface area contributed by atoms with E-state index >= 15 is 0 Å². The Morgan fingerprint density at radius 2 is 2.26 bits per heavy atom. The van der Waals surface area contributed by atoms with Crippen LogP contribution in [0.25, 0.3) is 0 Å². The van der Waals surface area contributed by atoms with Gasteiger partial charge in [0, 0.05) is 13.5 Å². The fraction of sp³-hybridized carbons (Fsp3) is 0.706. The molecule has 106 valence electrons. The summed E-state index contributed by atoms with van der Waals surface area (Å²) in [5.41, 5.74) is 1.09. The van der Waals surface area contributed by atoms with E-state index in [0.29, 0.717) is 23.7 Å². The summed E-state index contributed by atoms with van der Waals surface area (Å²) in [6.45, 7) is 2.20. The molecule has 0 saturated heterocycles. The van der Waals surface area contributed by atoms with Gasteiger partial charge >= 0.3 is 0 Å². The van der Waals surface area contributed by atoms with Crippen LogP contribution in [0.1, 0.15) is 51.9 Å². The number of ether oxygens (including phenoxy) is 1. The Balaban J connectivity index is 1.92. The molecule has 3 atom stereocenters. The number of hydrogen-bond acceptors (Lipinski definition) is 2. The molecule has 2 aliphatic rings. The zero-order valence-corrected chi connectivity index (χ0v) is 12.2. The van der Waals surface area contributed by atoms with Crippen LogP contribution in [0.4, 0.5) is 0 Å². The summed E-state index contributed by atoms with van der Waals surface area (Å²) in [4.78, 5) is 11.9. The lowest BCUT2D eigenvalue weighted by Crippen LogP contribution is -2.27. The van der Waals surface area contributed by atoms with Gasteiger partial charge in [-0.05, 0) is 49.5 Å². The minimum Gasteiger partial charge on any atom is -0.381 e. The van der Waals surface area contributed by atoms with Crippen LogP contribution in [0.2, 0.25) is 0 Å². The quantitative estimate of drug-likeness (QED) is 0.721. The van der Waals surface area contributed by atoms with Gasteiger partial charge in [0.1, 0.15) is 0 Å². The topological polar surface area (TPSA) is 26.3 Å². The highest BCUT2D eigenvalue weighted by molar-refractivity contribution is 5.97. The van der Waals surface area contributed by atoms with Gasteiger partial charge in [-0.3, -0.25) is 4.79 Å². The lowest BCUT2D eigenvalue weighted by atomic mass is 9.71. The lowest BCUT2D eigenvalue weighted by molar-refractivity contribution is -0.117. The monoisotopic (exact) mass is 262 g/mol. The zero-order valence-electron chi connectivity index (χ0n) is 12.2. The van der Waals surface area contributed by atoms with Crippen LogP contribution in [0.3, 0.4) is 0 Å². The number of Topliss-reactive ketones (excluding diaryl/α,β-unsaturated/α-hetero) is 1. The lowest BCUT2D eigenvalue weighted by Gasteiger charge is -2.33. The van der Waals surface area contributed by atoms with Crippen molar-refractivity contribution >= 4 is 5.78 Å². The maximum atomic E-state index is 11.9. The van der Waals surface area contributed by atoms with Crippen molar-refractivity contribution in [3.05, 3.63) is 23.8 Å². The first-order valence-electron chi connectivity index (χ1n) is 7.70. The average Bonchev–Trinajstić information content (AvgIpc) is 2.44. The van der Waals surface area contributed by atoms with Gasteiger partial charge in [0.2, 0.25) is 0 Å². The van der Waals surface area contributed by atoms with Crippen LogP contribution in [0.5, 0.6) is 0 Å². The number of fused-ring (bicyclic) bond motifs is 1. The minimum atomic E-state index is 0.377. The predicted molar refractivity (Wildman–Crippen MR) is 78.0 cm³/mol. The van der Waals surface area contributed by atoms with Crippen molar-refractivity contribution in [3.8, 4) is 0 Å². The van der Waals surface area contributed by atoms with Crippen molar-refractivity contribution in [2.24, 2.45) is 11.8 Å². The molecule has 0 amide bonds. The van der Waals surface area contributed by atoms with Gasteiger partial charge in [-0.2, -0.15) is 0 Å². The summed E-state index contributed by atoms with van der Waals surface area (Å²) in [7, 11) is 1.81. The number of allylic oxidation sites excluding steroid dienone is 4. The first-order chi connectivity index (χ1) is 9.26. The molecule has 0 aromatic rings. The molecule has 1 fully saturated rings. The summed E-state index contributed by atoms with van der Waals surface area (Å²) < 4.78 is 5.53. The minimum absolute atomic E-state index is 0.377. The van der Waals surface area contributed by atoms with E-state index < -0.39 is 0 Å². The molecule has 0 aliphatic heterocycles. The summed E-state index contributed by atoms with van der Waals surface area (Å²) in [5.74, 6) is 1.39. The van der Waals surface area contributed by atoms with Crippen LogP contribution in [0.15, 0.2) is 23.8 Å². The highest BCUT2D eigenvalue weighted by atomic mass is 16.5. The normalized spacial score (nSPS) is 27.9. The van der Waals surface area contributed by atoms with Gasteiger partial charge in [0.25, 0.3) is 0 Å². The van der Waals surface area contributed by atoms with E-state index in [1.807, 2.05) is 13.2 Å². The Hall–Kier alpha value is -0.890. The van der Waals surface area contributed by atoms with Crippen LogP contribution >= 0.6 is 0 Å². The molecule has 19 heavy (non-hydrogen) atoms. The summed E-state index contributed by atoms with van der Waals surface area (Å²) in [5, 5.41) is 0. The first kappa shape index (κ1) is 14.5. The third kappa shape index (κ3) is 3.56. The molecule has 2 nitrogen and oxygen atoms in total. The fourth-order valence-electron chi connectivity index (χ4n) is 3.46. The van der Waals surface area contributed by atoms with Crippen LogP contribution in [0, 0.1) is 11.8 Å². The van der Waals surface area contributed by atoms with Gasteiger partial charge in [0.05, 0.1) is 6.10 Å². The SMILES string of the molecule is CCCC(CCC1C=CC=C2C(=O)CCCC21)OC. The highest BCUT2D eigenvalue weighted by Crippen LogP contribution is 2.38. The number of ketones is 1. The van der Waals surface area contributed by atoms with E-state index in [-0.39, 0.29) is 0 Å². The molecule has 2 heteroatoms. The molecule has 0 aromatic carbocycles. The van der Waals surface area contributed by atoms with E-state index in [0.717, 1.165) is 37.7 Å². The summed E-state index contributed by atoms with van der Waals surface area (Å²) >= 11 is 0. The Morgan fingerprint density at radius 3 is 3.00 bits per heavy atom. The molecule has 2 aliphatic carbocycles. The Kier molecular flexibility index (Phi) is 5.38. The summed E-state index contributed by atoms with van der Waals surface area (Å²) in [6, 6.07) is 0. The molecular weight excluding hydrogens is 236 g/mol. The molecule has 0 radical (unpaired) electrons. The van der Waals surface area contributed by atoms with E-state index in [1.165, 1.54) is 12.8 Å². The van der Waals surface area contributed by atoms with Crippen molar-refractivity contribution in [2.75, 3.05) is 7.11 Å². The molecule has 3 unspecified atom stereocenters. The number of hydrogen-bond donors (Lipinski definition) is 0. The first-order valence-corrected chi connectivity index (χ1v) is 7.70. The van der Waals surface area contributed by atoms with Crippen LogP contribution in [-0.2, 0) is 9.53 Å². The van der Waals surface area contributed by atoms with E-state index in [2.05, 4.69) is 19.1 Å². The van der Waals surface area contributed by atoms with Crippen molar-refractivity contribution < 1.29 is 9.53 Å². The molecule has 1 saturated carbocycles. The average molecular weight is 262 g/mol. The number of carbonyl (C=O) groups excluding carboxylic acids is 1. The second-order valence-corrected chi connectivity index (χ2v) is 5.82. The second kappa shape index (κ2) is 7.04. The second-order valence-electron chi connectivity index (χ2n) is 5.82. The number of rotatable bonds is 6. The van der Waals surface area contributed by atoms with Crippen LogP contribution < -0.4 is 0 Å². The van der Waals surface area contributed by atoms with Crippen LogP contribution in [-0.4, -0.2) is 19.0 Å². The molecular formula is C17H26O2. The third-order valence-corrected chi connectivity index (χ3v) is 4.56. The third-order valence-electron chi connectivity index (χ3n) is 4.56. The summed E-state index contributed by atoms with van der Waals surface area (Å²) in [6.07, 6.45) is 14.4. The smallest absolute Gasteiger partial charge is 0.159 e. The van der Waals surface area contributed by atoms with Crippen molar-refractivity contribution in [1.29, 1.82) is 0 Å². The molecule has 0 heterocycles. The van der Waals surface area contributed by atoms with Gasteiger partial charge in [-0.15, -0.1) is 0 Å².